The third-order valence-corrected chi connectivity index (χ3v) is 5.01. The number of aryl methyl sites for hydroxylation is 2. The maximum Gasteiger partial charge on any atom is 0.219 e. The van der Waals surface area contributed by atoms with Crippen LogP contribution in [0, 0.1) is 13.8 Å². The molecular formula is C25H31IN4O3. The van der Waals surface area contributed by atoms with Crippen molar-refractivity contribution in [3.05, 3.63) is 77.0 Å². The Morgan fingerprint density at radius 1 is 0.939 bits per heavy atom. The lowest BCUT2D eigenvalue weighted by atomic mass is 10.1. The molecule has 1 aromatic heterocycles. The average molecular weight is 562 g/mol. The molecule has 0 atom stereocenters. The highest BCUT2D eigenvalue weighted by Crippen LogP contribution is 2.39. The van der Waals surface area contributed by atoms with E-state index in [1.807, 2.05) is 30.3 Å². The minimum atomic E-state index is 0. The molecule has 0 spiro atoms. The highest BCUT2D eigenvalue weighted by molar-refractivity contribution is 14.0. The quantitative estimate of drug-likeness (QED) is 0.229. The maximum atomic E-state index is 5.91. The second-order valence-corrected chi connectivity index (χ2v) is 7.31. The molecule has 0 radical (unpaired) electrons. The number of nitrogens with zero attached hydrogens (tertiary/aromatic N) is 2. The van der Waals surface area contributed by atoms with Gasteiger partial charge in [0.25, 0.3) is 0 Å². The van der Waals surface area contributed by atoms with Crippen LogP contribution in [-0.4, -0.2) is 32.2 Å². The predicted molar refractivity (Wildman–Crippen MR) is 142 cm³/mol. The predicted octanol–water partition coefficient (Wildman–Crippen LogP) is 4.99. The van der Waals surface area contributed by atoms with Gasteiger partial charge >= 0.3 is 0 Å². The minimum absolute atomic E-state index is 0. The second kappa shape index (κ2) is 12.9. The smallest absolute Gasteiger partial charge is 0.219 e. The van der Waals surface area contributed by atoms with E-state index in [0.717, 1.165) is 11.5 Å². The molecule has 2 N–H and O–H groups in total. The first-order valence-corrected chi connectivity index (χ1v) is 10.4. The molecular weight excluding hydrogens is 531 g/mol. The van der Waals surface area contributed by atoms with Gasteiger partial charge in [-0.3, -0.25) is 4.99 Å². The summed E-state index contributed by atoms with van der Waals surface area (Å²) in [6, 6.07) is 15.7. The van der Waals surface area contributed by atoms with Gasteiger partial charge in [-0.1, -0.05) is 35.9 Å². The zero-order chi connectivity index (χ0) is 22.9. The first kappa shape index (κ1) is 26.2. The van der Waals surface area contributed by atoms with Gasteiger partial charge in [-0.05, 0) is 42.7 Å². The topological polar surface area (TPSA) is 77.0 Å². The van der Waals surface area contributed by atoms with Gasteiger partial charge in [0.05, 0.1) is 14.2 Å². The molecule has 2 aromatic carbocycles. The van der Waals surface area contributed by atoms with Crippen molar-refractivity contribution in [2.45, 2.75) is 26.9 Å². The van der Waals surface area contributed by atoms with E-state index in [9.17, 15) is 0 Å². The van der Waals surface area contributed by atoms with Gasteiger partial charge in [0.15, 0.2) is 17.5 Å². The van der Waals surface area contributed by atoms with Crippen LogP contribution in [0.2, 0.25) is 0 Å². The minimum Gasteiger partial charge on any atom is -0.493 e. The van der Waals surface area contributed by atoms with E-state index in [4.69, 9.17) is 14.2 Å². The summed E-state index contributed by atoms with van der Waals surface area (Å²) in [6.07, 6.45) is 1.77. The molecule has 0 bridgehead atoms. The third-order valence-electron chi connectivity index (χ3n) is 5.01. The van der Waals surface area contributed by atoms with Crippen molar-refractivity contribution in [1.29, 1.82) is 0 Å². The lowest BCUT2D eigenvalue weighted by Gasteiger charge is -2.14. The van der Waals surface area contributed by atoms with Crippen molar-refractivity contribution in [3.8, 4) is 23.1 Å². The number of guanidine groups is 1. The third kappa shape index (κ3) is 7.24. The molecule has 0 fully saturated rings. The number of benzene rings is 2. The Labute approximate surface area is 212 Å². The molecule has 0 aliphatic rings. The molecule has 8 heteroatoms. The number of rotatable bonds is 8. The second-order valence-electron chi connectivity index (χ2n) is 7.31. The Morgan fingerprint density at radius 2 is 1.64 bits per heavy atom. The summed E-state index contributed by atoms with van der Waals surface area (Å²) in [5.41, 5.74) is 4.77. The van der Waals surface area contributed by atoms with Gasteiger partial charge < -0.3 is 24.8 Å². The summed E-state index contributed by atoms with van der Waals surface area (Å²) in [5, 5.41) is 6.66. The molecule has 176 valence electrons. The van der Waals surface area contributed by atoms with E-state index >= 15 is 0 Å². The van der Waals surface area contributed by atoms with Crippen molar-refractivity contribution in [2.24, 2.45) is 4.99 Å². The lowest BCUT2D eigenvalue weighted by molar-refractivity contribution is 0.342. The average Bonchev–Trinajstić information content (AvgIpc) is 2.81. The maximum absolute atomic E-state index is 5.91. The van der Waals surface area contributed by atoms with E-state index in [0.29, 0.717) is 36.2 Å². The summed E-state index contributed by atoms with van der Waals surface area (Å²) in [6.45, 7) is 5.51. The van der Waals surface area contributed by atoms with Crippen LogP contribution >= 0.6 is 24.0 Å². The van der Waals surface area contributed by atoms with Crippen LogP contribution in [0.3, 0.4) is 0 Å². The van der Waals surface area contributed by atoms with E-state index in [2.05, 4.69) is 52.7 Å². The highest BCUT2D eigenvalue weighted by Gasteiger charge is 2.13. The fraction of sp³-hybridized carbons (Fsp3) is 0.280. The van der Waals surface area contributed by atoms with Crippen LogP contribution in [0.4, 0.5) is 0 Å². The molecule has 0 aliphatic heterocycles. The normalized spacial score (nSPS) is 10.8. The fourth-order valence-corrected chi connectivity index (χ4v) is 3.23. The lowest BCUT2D eigenvalue weighted by Crippen LogP contribution is -2.36. The van der Waals surface area contributed by atoms with Gasteiger partial charge in [-0.15, -0.1) is 24.0 Å². The Kier molecular flexibility index (Phi) is 10.2. The van der Waals surface area contributed by atoms with Crippen molar-refractivity contribution < 1.29 is 14.2 Å². The molecule has 3 rings (SSSR count). The van der Waals surface area contributed by atoms with Crippen molar-refractivity contribution in [3.63, 3.8) is 0 Å². The van der Waals surface area contributed by atoms with Crippen molar-refractivity contribution in [2.75, 3.05) is 21.3 Å². The Hall–Kier alpha value is -3.01. The van der Waals surface area contributed by atoms with Crippen LogP contribution in [0.5, 0.6) is 23.1 Å². The number of pyridine rings is 1. The molecule has 0 amide bonds. The SMILES string of the molecule is CN=C(NCc1ccc(Oc2c(OC)cccc2OC)nc1)NCc1ccc(C)cc1C.I. The van der Waals surface area contributed by atoms with Gasteiger partial charge in [0.2, 0.25) is 11.6 Å². The molecule has 0 unspecified atom stereocenters. The summed E-state index contributed by atoms with van der Waals surface area (Å²) in [7, 11) is 4.93. The van der Waals surface area contributed by atoms with E-state index in [1.54, 1.807) is 27.5 Å². The highest BCUT2D eigenvalue weighted by atomic mass is 127. The molecule has 0 aliphatic carbocycles. The molecule has 7 nitrogen and oxygen atoms in total. The fourth-order valence-electron chi connectivity index (χ4n) is 3.23. The number of hydrogen-bond acceptors (Lipinski definition) is 5. The van der Waals surface area contributed by atoms with E-state index in [1.165, 1.54) is 16.7 Å². The van der Waals surface area contributed by atoms with E-state index < -0.39 is 0 Å². The largest absolute Gasteiger partial charge is 0.493 e. The Morgan fingerprint density at radius 3 is 2.21 bits per heavy atom. The summed E-state index contributed by atoms with van der Waals surface area (Å²) in [5.74, 6) is 2.83. The monoisotopic (exact) mass is 562 g/mol. The summed E-state index contributed by atoms with van der Waals surface area (Å²) in [4.78, 5) is 8.71. The van der Waals surface area contributed by atoms with Crippen LogP contribution in [-0.2, 0) is 13.1 Å². The zero-order valence-electron chi connectivity index (χ0n) is 19.6. The standard InChI is InChI=1S/C25H30N4O3.HI/c1-17-9-11-20(18(2)13-17)16-29-25(26-3)28-15-19-10-12-23(27-14-19)32-24-21(30-4)7-6-8-22(24)31-5;/h6-14H,15-16H2,1-5H3,(H2,26,28,29);1H. The number of methoxy groups -OCH3 is 2. The van der Waals surface area contributed by atoms with Gasteiger partial charge in [0.1, 0.15) is 0 Å². The number of halogens is 1. The Balaban J connectivity index is 0.00000385. The molecule has 33 heavy (non-hydrogen) atoms. The number of hydrogen-bond donors (Lipinski definition) is 2. The van der Waals surface area contributed by atoms with Gasteiger partial charge in [-0.2, -0.15) is 0 Å². The number of nitrogens with one attached hydrogen (secondary N) is 2. The van der Waals surface area contributed by atoms with Crippen LogP contribution in [0.15, 0.2) is 59.7 Å². The first-order chi connectivity index (χ1) is 15.5. The van der Waals surface area contributed by atoms with Crippen molar-refractivity contribution >= 4 is 29.9 Å². The van der Waals surface area contributed by atoms with Gasteiger partial charge in [0, 0.05) is 32.4 Å². The van der Waals surface area contributed by atoms with Crippen LogP contribution < -0.4 is 24.8 Å². The molecule has 3 aromatic rings. The zero-order valence-corrected chi connectivity index (χ0v) is 22.0. The summed E-state index contributed by atoms with van der Waals surface area (Å²) >= 11 is 0. The molecule has 0 saturated carbocycles. The Bertz CT molecular complexity index is 1050. The van der Waals surface area contributed by atoms with Gasteiger partial charge in [-0.25, -0.2) is 4.98 Å². The van der Waals surface area contributed by atoms with Crippen molar-refractivity contribution in [1.82, 2.24) is 15.6 Å². The molecule has 0 saturated heterocycles. The molecule has 1 heterocycles. The first-order valence-electron chi connectivity index (χ1n) is 10.4. The van der Waals surface area contributed by atoms with Crippen LogP contribution in [0.25, 0.3) is 0 Å². The van der Waals surface area contributed by atoms with Crippen LogP contribution in [0.1, 0.15) is 22.3 Å². The summed E-state index contributed by atoms with van der Waals surface area (Å²) < 4.78 is 16.6. The number of aliphatic imine (C=N–C) groups is 1. The number of aromatic nitrogens is 1. The van der Waals surface area contributed by atoms with E-state index in [-0.39, 0.29) is 24.0 Å². The number of ether oxygens (including phenoxy) is 3. The number of para-hydroxylation sites is 1.